The van der Waals surface area contributed by atoms with Gasteiger partial charge in [0.2, 0.25) is 0 Å². The molecule has 7 heteroatoms. The number of piperidine rings is 1. The number of nitrogens with one attached hydrogen (secondary N) is 2. The molecule has 0 spiro atoms. The summed E-state index contributed by atoms with van der Waals surface area (Å²) in [5, 5.41) is 12.1. The lowest BCUT2D eigenvalue weighted by molar-refractivity contribution is 0.0693. The minimum atomic E-state index is -1.33. The maximum Gasteiger partial charge on any atom is 0.342 e. The summed E-state index contributed by atoms with van der Waals surface area (Å²) in [4.78, 5) is 35.7. The summed E-state index contributed by atoms with van der Waals surface area (Å²) in [5.41, 5.74) is -1.82. The molecule has 3 N–H and O–H groups in total. The van der Waals surface area contributed by atoms with E-state index in [1.54, 1.807) is 0 Å². The number of H-pyrrole nitrogens is 1. The summed E-state index contributed by atoms with van der Waals surface area (Å²) in [7, 11) is 0. The maximum atomic E-state index is 11.6. The molecule has 0 aliphatic carbocycles. The van der Waals surface area contributed by atoms with Gasteiger partial charge >= 0.3 is 11.7 Å². The van der Waals surface area contributed by atoms with E-state index in [1.165, 1.54) is 4.57 Å². The van der Waals surface area contributed by atoms with Crippen molar-refractivity contribution in [2.24, 2.45) is 5.92 Å². The maximum absolute atomic E-state index is 11.6. The van der Waals surface area contributed by atoms with Gasteiger partial charge in [-0.15, -0.1) is 0 Å². The Hall–Kier alpha value is -1.89. The van der Waals surface area contributed by atoms with E-state index in [-0.39, 0.29) is 5.92 Å². The topological polar surface area (TPSA) is 104 Å². The van der Waals surface area contributed by atoms with Crippen LogP contribution in [0.3, 0.4) is 0 Å². The molecule has 0 bridgehead atoms. The Labute approximate surface area is 102 Å². The van der Waals surface area contributed by atoms with Crippen LogP contribution < -0.4 is 16.6 Å². The van der Waals surface area contributed by atoms with Crippen LogP contribution in [0, 0.1) is 5.92 Å². The van der Waals surface area contributed by atoms with E-state index >= 15 is 0 Å². The molecule has 1 saturated heterocycles. The van der Waals surface area contributed by atoms with Gasteiger partial charge in [-0.1, -0.05) is 0 Å². The van der Waals surface area contributed by atoms with E-state index in [4.69, 9.17) is 5.11 Å². The number of aromatic nitrogens is 2. The Morgan fingerprint density at radius 3 is 2.89 bits per heavy atom. The number of rotatable bonds is 3. The first-order chi connectivity index (χ1) is 8.58. The molecule has 1 atom stereocenters. The van der Waals surface area contributed by atoms with Gasteiger partial charge in [-0.2, -0.15) is 0 Å². The third-order valence-corrected chi connectivity index (χ3v) is 3.10. The molecule has 0 amide bonds. The number of carboxylic acid groups (broad SMARTS) is 1. The van der Waals surface area contributed by atoms with E-state index in [9.17, 15) is 14.4 Å². The summed E-state index contributed by atoms with van der Waals surface area (Å²) in [6.45, 7) is 2.19. The van der Waals surface area contributed by atoms with Crippen LogP contribution in [-0.4, -0.2) is 33.7 Å². The summed E-state index contributed by atoms with van der Waals surface area (Å²) in [5.74, 6) is -1.05. The van der Waals surface area contributed by atoms with Crippen molar-refractivity contribution >= 4 is 5.97 Å². The highest BCUT2D eigenvalue weighted by Crippen LogP contribution is 2.11. The van der Waals surface area contributed by atoms with Gasteiger partial charge in [0.25, 0.3) is 5.56 Å². The van der Waals surface area contributed by atoms with Crippen molar-refractivity contribution in [2.45, 2.75) is 19.4 Å². The van der Waals surface area contributed by atoms with Gasteiger partial charge in [0.05, 0.1) is 0 Å². The zero-order valence-corrected chi connectivity index (χ0v) is 9.81. The van der Waals surface area contributed by atoms with Crippen LogP contribution in [0.5, 0.6) is 0 Å². The van der Waals surface area contributed by atoms with Crippen molar-refractivity contribution in [2.75, 3.05) is 13.1 Å². The largest absolute Gasteiger partial charge is 0.477 e. The van der Waals surface area contributed by atoms with Crippen molar-refractivity contribution in [1.29, 1.82) is 0 Å². The molecule has 0 radical (unpaired) electrons. The highest BCUT2D eigenvalue weighted by atomic mass is 16.4. The highest BCUT2D eigenvalue weighted by Gasteiger charge is 2.16. The Bertz CT molecular complexity index is 554. The predicted octanol–water partition coefficient (Wildman–Crippen LogP) is -0.766. The Morgan fingerprint density at radius 2 is 2.28 bits per heavy atom. The van der Waals surface area contributed by atoms with E-state index in [2.05, 4.69) is 5.32 Å². The lowest BCUT2D eigenvalue weighted by atomic mass is 10.00. The van der Waals surface area contributed by atoms with Gasteiger partial charge in [-0.05, 0) is 31.8 Å². The molecule has 2 rings (SSSR count). The zero-order chi connectivity index (χ0) is 13.1. The van der Waals surface area contributed by atoms with Crippen LogP contribution in [0.15, 0.2) is 15.8 Å². The summed E-state index contributed by atoms with van der Waals surface area (Å²) in [6.07, 6.45) is 3.15. The molecule has 1 aliphatic heterocycles. The summed E-state index contributed by atoms with van der Waals surface area (Å²) >= 11 is 0. The van der Waals surface area contributed by atoms with Crippen molar-refractivity contribution < 1.29 is 9.90 Å². The van der Waals surface area contributed by atoms with E-state index < -0.39 is 22.8 Å². The van der Waals surface area contributed by atoms with Gasteiger partial charge in [-0.25, -0.2) is 9.59 Å². The lowest BCUT2D eigenvalue weighted by Gasteiger charge is -2.23. The average molecular weight is 253 g/mol. The molecule has 1 aromatic heterocycles. The molecule has 1 aliphatic rings. The SMILES string of the molecule is O=C(O)c1cn(C[C@@H]2CCCNC2)c(=O)[nH]c1=O. The minimum Gasteiger partial charge on any atom is -0.477 e. The van der Waals surface area contributed by atoms with Crippen LogP contribution in [-0.2, 0) is 6.54 Å². The Balaban J connectivity index is 2.26. The minimum absolute atomic E-state index is 0.281. The van der Waals surface area contributed by atoms with Gasteiger partial charge in [-0.3, -0.25) is 14.3 Å². The molecule has 98 valence electrons. The average Bonchev–Trinajstić information content (AvgIpc) is 2.33. The quantitative estimate of drug-likeness (QED) is 0.656. The molecular weight excluding hydrogens is 238 g/mol. The van der Waals surface area contributed by atoms with E-state index in [0.29, 0.717) is 6.54 Å². The molecular formula is C11H15N3O4. The summed E-state index contributed by atoms with van der Waals surface area (Å²) < 4.78 is 1.27. The van der Waals surface area contributed by atoms with Crippen LogP contribution in [0.2, 0.25) is 0 Å². The Kier molecular flexibility index (Phi) is 3.61. The van der Waals surface area contributed by atoms with Crippen molar-refractivity contribution in [3.8, 4) is 0 Å². The van der Waals surface area contributed by atoms with E-state index in [1.807, 2.05) is 4.98 Å². The number of aromatic amines is 1. The summed E-state index contributed by atoms with van der Waals surface area (Å²) in [6, 6.07) is 0. The second-order valence-corrected chi connectivity index (χ2v) is 4.47. The van der Waals surface area contributed by atoms with Gasteiger partial charge in [0, 0.05) is 12.7 Å². The van der Waals surface area contributed by atoms with Crippen molar-refractivity contribution in [3.05, 3.63) is 32.6 Å². The third kappa shape index (κ3) is 2.67. The monoisotopic (exact) mass is 253 g/mol. The predicted molar refractivity (Wildman–Crippen MR) is 63.9 cm³/mol. The normalized spacial score (nSPS) is 19.7. The molecule has 1 aromatic rings. The molecule has 0 unspecified atom stereocenters. The van der Waals surface area contributed by atoms with Gasteiger partial charge in [0.1, 0.15) is 5.56 Å². The standard InChI is InChI=1S/C11H15N3O4/c15-9-8(10(16)17)6-14(11(18)13-9)5-7-2-1-3-12-4-7/h6-7,12H,1-5H2,(H,16,17)(H,13,15,18)/t7-/m1/s1. The smallest absolute Gasteiger partial charge is 0.342 e. The fourth-order valence-electron chi connectivity index (χ4n) is 2.16. The van der Waals surface area contributed by atoms with Crippen LogP contribution in [0.1, 0.15) is 23.2 Å². The number of carbonyl (C=O) groups is 1. The lowest BCUT2D eigenvalue weighted by Crippen LogP contribution is -2.38. The molecule has 2 heterocycles. The van der Waals surface area contributed by atoms with Crippen LogP contribution >= 0.6 is 0 Å². The molecule has 0 aromatic carbocycles. The number of carboxylic acids is 1. The van der Waals surface area contributed by atoms with Crippen molar-refractivity contribution in [1.82, 2.24) is 14.9 Å². The highest BCUT2D eigenvalue weighted by molar-refractivity contribution is 5.86. The Morgan fingerprint density at radius 1 is 1.50 bits per heavy atom. The van der Waals surface area contributed by atoms with Crippen LogP contribution in [0.4, 0.5) is 0 Å². The number of hydrogen-bond donors (Lipinski definition) is 3. The zero-order valence-electron chi connectivity index (χ0n) is 9.81. The van der Waals surface area contributed by atoms with Crippen molar-refractivity contribution in [3.63, 3.8) is 0 Å². The first-order valence-corrected chi connectivity index (χ1v) is 5.85. The van der Waals surface area contributed by atoms with Crippen LogP contribution in [0.25, 0.3) is 0 Å². The molecule has 0 saturated carbocycles. The van der Waals surface area contributed by atoms with Gasteiger partial charge < -0.3 is 10.4 Å². The second kappa shape index (κ2) is 5.18. The third-order valence-electron chi connectivity index (χ3n) is 3.10. The molecule has 1 fully saturated rings. The number of nitrogens with zero attached hydrogens (tertiary/aromatic N) is 1. The first kappa shape index (κ1) is 12.6. The molecule has 7 nitrogen and oxygen atoms in total. The van der Waals surface area contributed by atoms with Gasteiger partial charge in [0.15, 0.2) is 0 Å². The fourth-order valence-corrected chi connectivity index (χ4v) is 2.16. The molecule has 18 heavy (non-hydrogen) atoms. The number of hydrogen-bond acceptors (Lipinski definition) is 4. The fraction of sp³-hybridized carbons (Fsp3) is 0.545. The van der Waals surface area contributed by atoms with E-state index in [0.717, 1.165) is 32.1 Å². The first-order valence-electron chi connectivity index (χ1n) is 5.85. The number of aromatic carboxylic acids is 1. The second-order valence-electron chi connectivity index (χ2n) is 4.47.